The van der Waals surface area contributed by atoms with E-state index < -0.39 is 0 Å². The summed E-state index contributed by atoms with van der Waals surface area (Å²) in [5, 5.41) is 2.99. The molecule has 3 rings (SSSR count). The van der Waals surface area contributed by atoms with Crippen molar-refractivity contribution in [1.82, 2.24) is 5.32 Å². The second-order valence-electron chi connectivity index (χ2n) is 6.56. The number of carbonyl (C=O) groups excluding carboxylic acids is 2. The van der Waals surface area contributed by atoms with Gasteiger partial charge in [-0.15, -0.1) is 0 Å². The van der Waals surface area contributed by atoms with Crippen LogP contribution in [0.5, 0.6) is 5.75 Å². The van der Waals surface area contributed by atoms with Crippen LogP contribution in [0.2, 0.25) is 0 Å². The summed E-state index contributed by atoms with van der Waals surface area (Å²) in [4.78, 5) is 27.0. The molecule has 6 nitrogen and oxygen atoms in total. The first-order valence-electron chi connectivity index (χ1n) is 9.45. The Morgan fingerprint density at radius 2 is 1.90 bits per heavy atom. The second kappa shape index (κ2) is 9.10. The number of hydrogen-bond donors (Lipinski definition) is 1. The molecule has 0 saturated carbocycles. The molecule has 150 valence electrons. The molecule has 1 N–H and O–H groups in total. The first-order valence-corrected chi connectivity index (χ1v) is 9.45. The van der Waals surface area contributed by atoms with Crippen LogP contribution >= 0.6 is 0 Å². The second-order valence-corrected chi connectivity index (χ2v) is 6.56. The lowest BCUT2D eigenvalue weighted by atomic mass is 10.1. The fraction of sp³-hybridized carbons (Fsp3) is 0.217. The molecule has 0 fully saturated rings. The molecule has 1 heterocycles. The lowest BCUT2D eigenvalue weighted by Gasteiger charge is -2.21. The molecule has 6 heteroatoms. The number of amides is 2. The normalized spacial score (nSPS) is 11.6. The van der Waals surface area contributed by atoms with Crippen molar-refractivity contribution in [3.8, 4) is 5.75 Å². The van der Waals surface area contributed by atoms with E-state index in [2.05, 4.69) is 5.32 Å². The maximum Gasteiger partial charge on any atom is 0.293 e. The largest absolute Gasteiger partial charge is 0.494 e. The molecule has 1 unspecified atom stereocenters. The van der Waals surface area contributed by atoms with Crippen LogP contribution < -0.4 is 15.0 Å². The van der Waals surface area contributed by atoms with Gasteiger partial charge in [-0.05, 0) is 55.8 Å². The molecule has 0 aliphatic carbocycles. The topological polar surface area (TPSA) is 71.8 Å². The molecular formula is C23H24N2O4. The number of furan rings is 1. The highest BCUT2D eigenvalue weighted by molar-refractivity contribution is 6.09. The zero-order valence-corrected chi connectivity index (χ0v) is 16.7. The van der Waals surface area contributed by atoms with E-state index in [4.69, 9.17) is 9.15 Å². The van der Waals surface area contributed by atoms with Gasteiger partial charge in [0.15, 0.2) is 5.76 Å². The Morgan fingerprint density at radius 3 is 2.62 bits per heavy atom. The van der Waals surface area contributed by atoms with Gasteiger partial charge in [-0.1, -0.05) is 24.3 Å². The first kappa shape index (κ1) is 20.2. The van der Waals surface area contributed by atoms with Crippen LogP contribution in [0, 0.1) is 0 Å². The van der Waals surface area contributed by atoms with E-state index in [-0.39, 0.29) is 23.6 Å². The number of rotatable bonds is 7. The number of nitrogens with one attached hydrogen (secondary N) is 1. The smallest absolute Gasteiger partial charge is 0.293 e. The van der Waals surface area contributed by atoms with Crippen molar-refractivity contribution in [2.45, 2.75) is 19.9 Å². The minimum Gasteiger partial charge on any atom is -0.494 e. The lowest BCUT2D eigenvalue weighted by Crippen LogP contribution is -2.31. The maximum atomic E-state index is 13.0. The van der Waals surface area contributed by atoms with Gasteiger partial charge in [-0.25, -0.2) is 0 Å². The predicted octanol–water partition coefficient (Wildman–Crippen LogP) is 4.45. The molecule has 0 saturated heterocycles. The highest BCUT2D eigenvalue weighted by Crippen LogP contribution is 2.24. The quantitative estimate of drug-likeness (QED) is 0.645. The summed E-state index contributed by atoms with van der Waals surface area (Å²) in [6.45, 7) is 4.41. The number of anilines is 1. The molecule has 29 heavy (non-hydrogen) atoms. The van der Waals surface area contributed by atoms with Crippen molar-refractivity contribution in [3.05, 3.63) is 83.8 Å². The van der Waals surface area contributed by atoms with E-state index >= 15 is 0 Å². The summed E-state index contributed by atoms with van der Waals surface area (Å²) in [5.41, 5.74) is 1.84. The van der Waals surface area contributed by atoms with Crippen molar-refractivity contribution in [3.63, 3.8) is 0 Å². The Kier molecular flexibility index (Phi) is 6.34. The third-order valence-electron chi connectivity index (χ3n) is 4.56. The Labute approximate surface area is 170 Å². The fourth-order valence-electron chi connectivity index (χ4n) is 3.03. The molecule has 0 aliphatic heterocycles. The summed E-state index contributed by atoms with van der Waals surface area (Å²) in [6, 6.07) is 17.6. The number of hydrogen-bond acceptors (Lipinski definition) is 4. The predicted molar refractivity (Wildman–Crippen MR) is 111 cm³/mol. The Balaban J connectivity index is 1.79. The van der Waals surface area contributed by atoms with Gasteiger partial charge in [0.25, 0.3) is 11.8 Å². The van der Waals surface area contributed by atoms with E-state index in [0.717, 1.165) is 11.3 Å². The molecule has 1 atom stereocenters. The molecular weight excluding hydrogens is 368 g/mol. The monoisotopic (exact) mass is 392 g/mol. The van der Waals surface area contributed by atoms with Crippen molar-refractivity contribution in [1.29, 1.82) is 0 Å². The Bertz CT molecular complexity index is 982. The molecule has 0 radical (unpaired) electrons. The van der Waals surface area contributed by atoms with Crippen LogP contribution in [0.4, 0.5) is 5.69 Å². The summed E-state index contributed by atoms with van der Waals surface area (Å²) in [5.74, 6) is 0.376. The first-order chi connectivity index (χ1) is 14.0. The van der Waals surface area contributed by atoms with Gasteiger partial charge < -0.3 is 19.4 Å². The molecule has 2 amide bonds. The third kappa shape index (κ3) is 4.66. The summed E-state index contributed by atoms with van der Waals surface area (Å²) >= 11 is 0. The molecule has 0 bridgehead atoms. The maximum absolute atomic E-state index is 13.0. The van der Waals surface area contributed by atoms with Crippen LogP contribution in [0.1, 0.15) is 46.4 Å². The Morgan fingerprint density at radius 1 is 1.10 bits per heavy atom. The summed E-state index contributed by atoms with van der Waals surface area (Å²) in [6.07, 6.45) is 1.44. The summed E-state index contributed by atoms with van der Waals surface area (Å²) in [7, 11) is 1.62. The van der Waals surface area contributed by atoms with Crippen LogP contribution in [-0.2, 0) is 0 Å². The van der Waals surface area contributed by atoms with E-state index in [1.807, 2.05) is 38.1 Å². The third-order valence-corrected chi connectivity index (χ3v) is 4.56. The number of ether oxygens (including phenoxy) is 1. The van der Waals surface area contributed by atoms with Gasteiger partial charge in [-0.2, -0.15) is 0 Å². The van der Waals surface area contributed by atoms with Crippen molar-refractivity contribution < 1.29 is 18.7 Å². The van der Waals surface area contributed by atoms with Crippen LogP contribution in [0.3, 0.4) is 0 Å². The van der Waals surface area contributed by atoms with Crippen molar-refractivity contribution in [2.24, 2.45) is 0 Å². The molecule has 3 aromatic rings. The zero-order valence-electron chi connectivity index (χ0n) is 16.7. The van der Waals surface area contributed by atoms with E-state index in [1.54, 1.807) is 43.4 Å². The Hall–Kier alpha value is -3.54. The number of para-hydroxylation sites is 1. The number of nitrogens with zero attached hydrogens (tertiary/aromatic N) is 1. The van der Waals surface area contributed by atoms with E-state index in [1.165, 1.54) is 11.2 Å². The minimum atomic E-state index is -0.326. The van der Waals surface area contributed by atoms with E-state index in [0.29, 0.717) is 17.9 Å². The zero-order chi connectivity index (χ0) is 20.8. The summed E-state index contributed by atoms with van der Waals surface area (Å²) < 4.78 is 10.7. The number of benzene rings is 2. The molecule has 1 aromatic heterocycles. The molecule has 2 aromatic carbocycles. The average molecular weight is 392 g/mol. The van der Waals surface area contributed by atoms with Gasteiger partial charge in [0.2, 0.25) is 0 Å². The van der Waals surface area contributed by atoms with Crippen LogP contribution in [0.15, 0.2) is 71.3 Å². The minimum absolute atomic E-state index is 0.212. The van der Waals surface area contributed by atoms with Gasteiger partial charge in [0.05, 0.1) is 30.2 Å². The van der Waals surface area contributed by atoms with E-state index in [9.17, 15) is 9.59 Å². The molecule has 0 aliphatic rings. The van der Waals surface area contributed by atoms with Crippen molar-refractivity contribution >= 4 is 17.5 Å². The van der Waals surface area contributed by atoms with Gasteiger partial charge >= 0.3 is 0 Å². The van der Waals surface area contributed by atoms with Crippen LogP contribution in [0.25, 0.3) is 0 Å². The fourth-order valence-corrected chi connectivity index (χ4v) is 3.03. The van der Waals surface area contributed by atoms with Crippen LogP contribution in [-0.4, -0.2) is 25.5 Å². The van der Waals surface area contributed by atoms with Gasteiger partial charge in [0, 0.05) is 7.05 Å². The number of carbonyl (C=O) groups is 2. The standard InChI is InChI=1S/C23H24N2O4/c1-4-28-18-10-7-9-17(15-18)16(2)24-22(26)19-11-5-6-12-20(19)25(3)23(27)21-13-8-14-29-21/h5-16H,4H2,1-3H3,(H,24,26). The van der Waals surface area contributed by atoms with Gasteiger partial charge in [-0.3, -0.25) is 9.59 Å². The highest BCUT2D eigenvalue weighted by Gasteiger charge is 2.22. The van der Waals surface area contributed by atoms with Gasteiger partial charge in [0.1, 0.15) is 5.75 Å². The SMILES string of the molecule is CCOc1cccc(C(C)NC(=O)c2ccccc2N(C)C(=O)c2ccco2)c1. The molecule has 0 spiro atoms. The average Bonchev–Trinajstić information content (AvgIpc) is 3.28. The van der Waals surface area contributed by atoms with Crippen molar-refractivity contribution in [2.75, 3.05) is 18.6 Å². The lowest BCUT2D eigenvalue weighted by molar-refractivity contribution is 0.0940. The highest BCUT2D eigenvalue weighted by atomic mass is 16.5.